The molecule has 20 heavy (non-hydrogen) atoms. The van der Waals surface area contributed by atoms with Crippen molar-refractivity contribution in [1.29, 1.82) is 0 Å². The number of aliphatic carboxylic acids is 4. The van der Waals surface area contributed by atoms with Gasteiger partial charge in [0.05, 0.1) is 24.7 Å². The molecule has 0 spiro atoms. The molecule has 0 aliphatic heterocycles. The number of hydrogen-bond donors (Lipinski definition) is 4. The van der Waals surface area contributed by atoms with Crippen LogP contribution in [0.5, 0.6) is 0 Å². The van der Waals surface area contributed by atoms with Gasteiger partial charge < -0.3 is 25.9 Å². The summed E-state index contributed by atoms with van der Waals surface area (Å²) in [6.07, 6.45) is -0.914. The fraction of sp³-hybridized carbons (Fsp3) is 0.636. The van der Waals surface area contributed by atoms with Crippen molar-refractivity contribution in [2.75, 3.05) is 0 Å². The highest BCUT2D eigenvalue weighted by atomic mass is 16.4. The first kappa shape index (κ1) is 20.2. The Morgan fingerprint density at radius 2 is 1.00 bits per heavy atom. The van der Waals surface area contributed by atoms with Gasteiger partial charge in [-0.15, -0.1) is 0 Å². The Kier molecular flexibility index (Phi) is 9.81. The van der Waals surface area contributed by atoms with Crippen molar-refractivity contribution in [3.63, 3.8) is 0 Å². The van der Waals surface area contributed by atoms with E-state index in [0.717, 1.165) is 0 Å². The van der Waals surface area contributed by atoms with Crippen LogP contribution in [-0.2, 0) is 19.2 Å². The molecule has 0 saturated heterocycles. The van der Waals surface area contributed by atoms with E-state index in [4.69, 9.17) is 20.4 Å². The molecule has 0 aromatic rings. The molecule has 2 unspecified atom stereocenters. The summed E-state index contributed by atoms with van der Waals surface area (Å²) in [6, 6.07) is 0. The van der Waals surface area contributed by atoms with E-state index in [9.17, 15) is 19.2 Å². The van der Waals surface area contributed by atoms with Crippen LogP contribution in [0.15, 0.2) is 0 Å². The van der Waals surface area contributed by atoms with Crippen LogP contribution >= 0.6 is 0 Å². The van der Waals surface area contributed by atoms with Gasteiger partial charge in [-0.05, 0) is 12.8 Å². The van der Waals surface area contributed by atoms with Crippen LogP contribution in [0.1, 0.15) is 32.1 Å². The quantitative estimate of drug-likeness (QED) is 0.422. The Hall–Kier alpha value is -2.16. The molecular weight excluding hydrogens is 276 g/mol. The predicted molar refractivity (Wildman–Crippen MR) is 64.2 cm³/mol. The maximum absolute atomic E-state index is 10.7. The first-order valence-electron chi connectivity index (χ1n) is 5.63. The molecule has 6 N–H and O–H groups in total. The lowest BCUT2D eigenvalue weighted by atomic mass is 9.93. The van der Waals surface area contributed by atoms with Gasteiger partial charge in [0.1, 0.15) is 0 Å². The van der Waals surface area contributed by atoms with Crippen molar-refractivity contribution < 1.29 is 45.1 Å². The van der Waals surface area contributed by atoms with E-state index in [1.54, 1.807) is 0 Å². The fourth-order valence-electron chi connectivity index (χ4n) is 1.66. The van der Waals surface area contributed by atoms with Gasteiger partial charge in [-0.25, -0.2) is 0 Å². The van der Waals surface area contributed by atoms with Crippen LogP contribution < -0.4 is 0 Å². The minimum Gasteiger partial charge on any atom is -0.481 e. The molecule has 0 bridgehead atoms. The van der Waals surface area contributed by atoms with Gasteiger partial charge in [-0.3, -0.25) is 19.2 Å². The molecule has 9 heteroatoms. The van der Waals surface area contributed by atoms with E-state index in [-0.39, 0.29) is 24.7 Å². The SMILES string of the molecule is O.O=C(O)CC(CCCC(CC(=O)O)C(=O)O)C(=O)O. The molecule has 0 aliphatic rings. The van der Waals surface area contributed by atoms with E-state index in [1.165, 1.54) is 0 Å². The lowest BCUT2D eigenvalue weighted by Gasteiger charge is -2.12. The van der Waals surface area contributed by atoms with E-state index in [2.05, 4.69) is 0 Å². The standard InChI is InChI=1S/C11H16O8.H2O/c12-8(13)4-6(10(16)17)2-1-3-7(11(18)19)5-9(14)15;/h6-7H,1-5H2,(H,12,13)(H,14,15)(H,16,17)(H,18,19);1H2. The number of carbonyl (C=O) groups is 4. The molecule has 0 heterocycles. The molecule has 9 nitrogen and oxygen atoms in total. The summed E-state index contributed by atoms with van der Waals surface area (Å²) in [4.78, 5) is 42.4. The summed E-state index contributed by atoms with van der Waals surface area (Å²) in [5, 5.41) is 34.6. The van der Waals surface area contributed by atoms with Crippen molar-refractivity contribution in [2.24, 2.45) is 11.8 Å². The zero-order valence-corrected chi connectivity index (χ0v) is 10.6. The van der Waals surface area contributed by atoms with Crippen molar-refractivity contribution >= 4 is 23.9 Å². The van der Waals surface area contributed by atoms with Crippen LogP contribution in [0, 0.1) is 11.8 Å². The molecule has 0 aromatic carbocycles. The molecule has 0 aliphatic carbocycles. The first-order chi connectivity index (χ1) is 8.73. The molecule has 0 radical (unpaired) electrons. The lowest BCUT2D eigenvalue weighted by Crippen LogP contribution is -2.20. The van der Waals surface area contributed by atoms with Gasteiger partial charge in [-0.2, -0.15) is 0 Å². The van der Waals surface area contributed by atoms with E-state index in [0.29, 0.717) is 0 Å². The molecule has 2 atom stereocenters. The molecule has 0 saturated carbocycles. The Balaban J connectivity index is 0. The summed E-state index contributed by atoms with van der Waals surface area (Å²) in [7, 11) is 0. The number of carboxylic acids is 4. The van der Waals surface area contributed by atoms with Gasteiger partial charge in [0, 0.05) is 0 Å². The molecule has 116 valence electrons. The highest BCUT2D eigenvalue weighted by molar-refractivity contribution is 5.78. The lowest BCUT2D eigenvalue weighted by molar-refractivity contribution is -0.149. The van der Waals surface area contributed by atoms with E-state index < -0.39 is 48.6 Å². The zero-order chi connectivity index (χ0) is 15.0. The van der Waals surface area contributed by atoms with Crippen molar-refractivity contribution in [2.45, 2.75) is 32.1 Å². The third-order valence-electron chi connectivity index (χ3n) is 2.65. The maximum Gasteiger partial charge on any atom is 0.307 e. The number of hydrogen-bond acceptors (Lipinski definition) is 4. The van der Waals surface area contributed by atoms with E-state index >= 15 is 0 Å². The largest absolute Gasteiger partial charge is 0.481 e. The Labute approximate surface area is 114 Å². The smallest absolute Gasteiger partial charge is 0.307 e. The molecular formula is C11H18O9. The van der Waals surface area contributed by atoms with Crippen LogP contribution in [0.25, 0.3) is 0 Å². The summed E-state index contributed by atoms with van der Waals surface area (Å²) in [6.45, 7) is 0. The molecule has 0 rings (SSSR count). The van der Waals surface area contributed by atoms with Crippen LogP contribution in [-0.4, -0.2) is 49.8 Å². The highest BCUT2D eigenvalue weighted by Crippen LogP contribution is 2.18. The molecule has 0 fully saturated rings. The van der Waals surface area contributed by atoms with Crippen molar-refractivity contribution in [3.05, 3.63) is 0 Å². The fourth-order valence-corrected chi connectivity index (χ4v) is 1.66. The average molecular weight is 294 g/mol. The predicted octanol–water partition coefficient (Wildman–Crippen LogP) is -0.317. The molecule has 0 amide bonds. The maximum atomic E-state index is 10.7. The second-order valence-electron chi connectivity index (χ2n) is 4.20. The van der Waals surface area contributed by atoms with Gasteiger partial charge in [0.15, 0.2) is 0 Å². The summed E-state index contributed by atoms with van der Waals surface area (Å²) >= 11 is 0. The van der Waals surface area contributed by atoms with Crippen molar-refractivity contribution in [1.82, 2.24) is 0 Å². The summed E-state index contributed by atoms with van der Waals surface area (Å²) in [5.41, 5.74) is 0. The topological polar surface area (TPSA) is 181 Å². The number of rotatable bonds is 10. The van der Waals surface area contributed by atoms with Gasteiger partial charge in [-0.1, -0.05) is 6.42 Å². The summed E-state index contributed by atoms with van der Waals surface area (Å²) in [5.74, 6) is -7.17. The molecule has 0 aromatic heterocycles. The van der Waals surface area contributed by atoms with Crippen LogP contribution in [0.3, 0.4) is 0 Å². The monoisotopic (exact) mass is 294 g/mol. The second kappa shape index (κ2) is 9.73. The van der Waals surface area contributed by atoms with E-state index in [1.807, 2.05) is 0 Å². The van der Waals surface area contributed by atoms with Gasteiger partial charge in [0.25, 0.3) is 0 Å². The zero-order valence-electron chi connectivity index (χ0n) is 10.6. The summed E-state index contributed by atoms with van der Waals surface area (Å²) < 4.78 is 0. The van der Waals surface area contributed by atoms with Crippen molar-refractivity contribution in [3.8, 4) is 0 Å². The van der Waals surface area contributed by atoms with Gasteiger partial charge in [0.2, 0.25) is 0 Å². The Morgan fingerprint density at radius 3 is 1.20 bits per heavy atom. The third-order valence-corrected chi connectivity index (χ3v) is 2.65. The first-order valence-corrected chi connectivity index (χ1v) is 5.63. The minimum atomic E-state index is -1.26. The highest BCUT2D eigenvalue weighted by Gasteiger charge is 2.24. The normalized spacial score (nSPS) is 12.8. The minimum absolute atomic E-state index is 0. The number of carboxylic acid groups (broad SMARTS) is 4. The Bertz CT molecular complexity index is 329. The van der Waals surface area contributed by atoms with Gasteiger partial charge >= 0.3 is 23.9 Å². The van der Waals surface area contributed by atoms with Crippen LogP contribution in [0.4, 0.5) is 0 Å². The second-order valence-corrected chi connectivity index (χ2v) is 4.20. The Morgan fingerprint density at radius 1 is 0.700 bits per heavy atom. The van der Waals surface area contributed by atoms with Crippen LogP contribution in [0.2, 0.25) is 0 Å². The third kappa shape index (κ3) is 8.86. The average Bonchev–Trinajstić information content (AvgIpc) is 2.24.